The predicted molar refractivity (Wildman–Crippen MR) is 53.3 cm³/mol. The van der Waals surface area contributed by atoms with Crippen molar-refractivity contribution >= 4 is 16.6 Å². The third-order valence-electron chi connectivity index (χ3n) is 1.97. The highest BCUT2D eigenvalue weighted by atomic mass is 14.9. The molecule has 1 aromatic heterocycles. The van der Waals surface area contributed by atoms with Gasteiger partial charge in [-0.15, -0.1) is 0 Å². The van der Waals surface area contributed by atoms with Crippen LogP contribution in [0.4, 0.5) is 5.69 Å². The van der Waals surface area contributed by atoms with E-state index < -0.39 is 0 Å². The minimum absolute atomic E-state index is 0.750. The molecule has 0 atom stereocenters. The fourth-order valence-electron chi connectivity index (χ4n) is 1.26. The Balaban J connectivity index is 2.66. The Hall–Kier alpha value is -1.64. The molecule has 3 nitrogen and oxygen atoms in total. The summed E-state index contributed by atoms with van der Waals surface area (Å²) in [5.41, 5.74) is 7.35. The van der Waals surface area contributed by atoms with Crippen molar-refractivity contribution in [1.82, 2.24) is 9.97 Å². The van der Waals surface area contributed by atoms with Gasteiger partial charge in [0, 0.05) is 23.7 Å². The number of nitrogens with two attached hydrogens (primary N) is 1. The molecule has 0 amide bonds. The summed E-state index contributed by atoms with van der Waals surface area (Å²) in [5.74, 6) is 0.872. The molecule has 2 rings (SSSR count). The van der Waals surface area contributed by atoms with E-state index in [0.29, 0.717) is 0 Å². The van der Waals surface area contributed by atoms with Crippen LogP contribution in [0, 0.1) is 0 Å². The van der Waals surface area contributed by atoms with Gasteiger partial charge in [0.05, 0.1) is 5.52 Å². The van der Waals surface area contributed by atoms with Crippen molar-refractivity contribution in [3.8, 4) is 0 Å². The fourth-order valence-corrected chi connectivity index (χ4v) is 1.26. The highest BCUT2D eigenvalue weighted by Gasteiger charge is 1.97. The van der Waals surface area contributed by atoms with E-state index in [1.165, 1.54) is 0 Å². The molecular formula is C10H11N3. The Morgan fingerprint density at radius 2 is 2.23 bits per heavy atom. The number of aryl methyl sites for hydroxylation is 1. The topological polar surface area (TPSA) is 51.8 Å². The van der Waals surface area contributed by atoms with Gasteiger partial charge in [0.15, 0.2) is 0 Å². The predicted octanol–water partition coefficient (Wildman–Crippen LogP) is 1.77. The molecular weight excluding hydrogens is 162 g/mol. The van der Waals surface area contributed by atoms with E-state index in [9.17, 15) is 0 Å². The number of anilines is 1. The van der Waals surface area contributed by atoms with Crippen LogP contribution in [0.25, 0.3) is 10.9 Å². The second-order valence-electron chi connectivity index (χ2n) is 2.96. The third-order valence-corrected chi connectivity index (χ3v) is 1.97. The zero-order valence-electron chi connectivity index (χ0n) is 7.49. The number of hydrogen-bond acceptors (Lipinski definition) is 3. The van der Waals surface area contributed by atoms with E-state index in [2.05, 4.69) is 9.97 Å². The van der Waals surface area contributed by atoms with Crippen molar-refractivity contribution < 1.29 is 0 Å². The molecule has 2 N–H and O–H groups in total. The van der Waals surface area contributed by atoms with Gasteiger partial charge in [-0.1, -0.05) is 6.92 Å². The number of nitrogens with zero attached hydrogens (tertiary/aromatic N) is 2. The second kappa shape index (κ2) is 3.01. The zero-order valence-corrected chi connectivity index (χ0v) is 7.49. The lowest BCUT2D eigenvalue weighted by Crippen LogP contribution is -1.93. The smallest absolute Gasteiger partial charge is 0.128 e. The van der Waals surface area contributed by atoms with Crippen molar-refractivity contribution in [3.05, 3.63) is 30.2 Å². The molecule has 1 aromatic carbocycles. The first-order valence-electron chi connectivity index (χ1n) is 4.31. The Labute approximate surface area is 76.6 Å². The highest BCUT2D eigenvalue weighted by molar-refractivity contribution is 5.80. The van der Waals surface area contributed by atoms with E-state index in [-0.39, 0.29) is 0 Å². The molecule has 0 spiro atoms. The van der Waals surface area contributed by atoms with Crippen LogP contribution in [0.5, 0.6) is 0 Å². The molecule has 0 saturated heterocycles. The lowest BCUT2D eigenvalue weighted by molar-refractivity contribution is 0.961. The van der Waals surface area contributed by atoms with Gasteiger partial charge in [-0.05, 0) is 18.2 Å². The largest absolute Gasteiger partial charge is 0.399 e. The summed E-state index contributed by atoms with van der Waals surface area (Å²) < 4.78 is 0. The summed E-state index contributed by atoms with van der Waals surface area (Å²) >= 11 is 0. The van der Waals surface area contributed by atoms with E-state index in [0.717, 1.165) is 28.8 Å². The van der Waals surface area contributed by atoms with E-state index >= 15 is 0 Å². The van der Waals surface area contributed by atoms with Crippen LogP contribution in [0.3, 0.4) is 0 Å². The molecule has 13 heavy (non-hydrogen) atoms. The van der Waals surface area contributed by atoms with Crippen molar-refractivity contribution in [2.24, 2.45) is 0 Å². The van der Waals surface area contributed by atoms with E-state index in [1.54, 1.807) is 0 Å². The number of aromatic nitrogens is 2. The summed E-state index contributed by atoms with van der Waals surface area (Å²) in [6.07, 6.45) is 2.68. The summed E-state index contributed by atoms with van der Waals surface area (Å²) in [5, 5.41) is 0.997. The first kappa shape index (κ1) is 7.98. The van der Waals surface area contributed by atoms with Crippen LogP contribution >= 0.6 is 0 Å². The second-order valence-corrected chi connectivity index (χ2v) is 2.96. The first-order chi connectivity index (χ1) is 6.29. The summed E-state index contributed by atoms with van der Waals surface area (Å²) in [7, 11) is 0. The molecule has 0 fully saturated rings. The Morgan fingerprint density at radius 3 is 3.00 bits per heavy atom. The van der Waals surface area contributed by atoms with Gasteiger partial charge in [0.2, 0.25) is 0 Å². The summed E-state index contributed by atoms with van der Waals surface area (Å²) in [4.78, 5) is 8.57. The molecule has 0 aliphatic rings. The third kappa shape index (κ3) is 1.45. The molecule has 66 valence electrons. The van der Waals surface area contributed by atoms with Crippen molar-refractivity contribution in [3.63, 3.8) is 0 Å². The molecule has 3 heteroatoms. The quantitative estimate of drug-likeness (QED) is 0.669. The van der Waals surface area contributed by atoms with Crippen LogP contribution in [-0.2, 0) is 6.42 Å². The monoisotopic (exact) mass is 173 g/mol. The first-order valence-corrected chi connectivity index (χ1v) is 4.31. The SMILES string of the molecule is CCc1ncc2cc(N)ccc2n1. The van der Waals surface area contributed by atoms with Gasteiger partial charge < -0.3 is 5.73 Å². The maximum Gasteiger partial charge on any atom is 0.128 e. The number of hydrogen-bond donors (Lipinski definition) is 1. The average Bonchev–Trinajstić information content (AvgIpc) is 2.17. The average molecular weight is 173 g/mol. The maximum atomic E-state index is 5.64. The van der Waals surface area contributed by atoms with Gasteiger partial charge in [-0.2, -0.15) is 0 Å². The number of benzene rings is 1. The van der Waals surface area contributed by atoms with Gasteiger partial charge in [-0.3, -0.25) is 0 Å². The van der Waals surface area contributed by atoms with Crippen molar-refractivity contribution in [2.45, 2.75) is 13.3 Å². The lowest BCUT2D eigenvalue weighted by atomic mass is 10.2. The molecule has 0 radical (unpaired) electrons. The molecule has 0 unspecified atom stereocenters. The molecule has 2 aromatic rings. The van der Waals surface area contributed by atoms with Crippen molar-refractivity contribution in [2.75, 3.05) is 5.73 Å². The maximum absolute atomic E-state index is 5.64. The minimum Gasteiger partial charge on any atom is -0.399 e. The van der Waals surface area contributed by atoms with Crippen LogP contribution in [0.15, 0.2) is 24.4 Å². The number of fused-ring (bicyclic) bond motifs is 1. The lowest BCUT2D eigenvalue weighted by Gasteiger charge is -2.00. The number of rotatable bonds is 1. The van der Waals surface area contributed by atoms with Gasteiger partial charge >= 0.3 is 0 Å². The van der Waals surface area contributed by atoms with Gasteiger partial charge in [-0.25, -0.2) is 9.97 Å². The minimum atomic E-state index is 0.750. The molecule has 1 heterocycles. The standard InChI is InChI=1S/C10H11N3/c1-2-10-12-6-7-5-8(11)3-4-9(7)13-10/h3-6H,2,11H2,1H3. The Kier molecular flexibility index (Phi) is 1.85. The van der Waals surface area contributed by atoms with Crippen LogP contribution in [0.1, 0.15) is 12.7 Å². The van der Waals surface area contributed by atoms with Crippen molar-refractivity contribution in [1.29, 1.82) is 0 Å². The Bertz CT molecular complexity index is 437. The van der Waals surface area contributed by atoms with E-state index in [4.69, 9.17) is 5.73 Å². The van der Waals surface area contributed by atoms with Gasteiger partial charge in [0.1, 0.15) is 5.82 Å². The van der Waals surface area contributed by atoms with Crippen LogP contribution in [-0.4, -0.2) is 9.97 Å². The molecule has 0 aliphatic heterocycles. The highest BCUT2D eigenvalue weighted by Crippen LogP contribution is 2.14. The molecule has 0 aliphatic carbocycles. The molecule has 0 bridgehead atoms. The molecule has 0 saturated carbocycles. The zero-order chi connectivity index (χ0) is 9.26. The van der Waals surface area contributed by atoms with Gasteiger partial charge in [0.25, 0.3) is 0 Å². The fraction of sp³-hybridized carbons (Fsp3) is 0.200. The Morgan fingerprint density at radius 1 is 1.38 bits per heavy atom. The normalized spacial score (nSPS) is 10.5. The van der Waals surface area contributed by atoms with Crippen LogP contribution < -0.4 is 5.73 Å². The number of nitrogen functional groups attached to an aromatic ring is 1. The summed E-state index contributed by atoms with van der Waals surface area (Å²) in [6.45, 7) is 2.04. The van der Waals surface area contributed by atoms with Crippen LogP contribution in [0.2, 0.25) is 0 Å². The van der Waals surface area contributed by atoms with E-state index in [1.807, 2.05) is 31.3 Å². The summed E-state index contributed by atoms with van der Waals surface area (Å²) in [6, 6.07) is 5.66.